The molecule has 2 atom stereocenters. The number of carbonyl (C=O) groups excluding carboxylic acids is 2. The molecule has 0 spiro atoms. The average Bonchev–Trinajstić information content (AvgIpc) is 2.73. The second kappa shape index (κ2) is 10.1. The van der Waals surface area contributed by atoms with Gasteiger partial charge in [0.2, 0.25) is 0 Å². The predicted molar refractivity (Wildman–Crippen MR) is 114 cm³/mol. The van der Waals surface area contributed by atoms with Gasteiger partial charge >= 0.3 is 6.03 Å². The number of hydrogen-bond acceptors (Lipinski definition) is 3. The van der Waals surface area contributed by atoms with Crippen molar-refractivity contribution >= 4 is 17.6 Å². The van der Waals surface area contributed by atoms with E-state index in [1.807, 2.05) is 31.2 Å². The highest BCUT2D eigenvalue weighted by Crippen LogP contribution is 2.19. The van der Waals surface area contributed by atoms with E-state index in [0.717, 1.165) is 18.4 Å². The van der Waals surface area contributed by atoms with Gasteiger partial charge in [-0.25, -0.2) is 9.18 Å². The largest absolute Gasteiger partial charge is 0.481 e. The van der Waals surface area contributed by atoms with Crippen molar-refractivity contribution in [2.45, 2.75) is 32.8 Å². The van der Waals surface area contributed by atoms with Gasteiger partial charge in [0.05, 0.1) is 0 Å². The smallest absolute Gasteiger partial charge is 0.319 e. The van der Waals surface area contributed by atoms with Crippen LogP contribution in [0, 0.1) is 18.7 Å². The van der Waals surface area contributed by atoms with Crippen LogP contribution >= 0.6 is 0 Å². The van der Waals surface area contributed by atoms with Gasteiger partial charge in [-0.2, -0.15) is 0 Å². The Labute approximate surface area is 176 Å². The molecule has 7 heteroatoms. The lowest BCUT2D eigenvalue weighted by Gasteiger charge is -2.34. The van der Waals surface area contributed by atoms with Crippen molar-refractivity contribution < 1.29 is 18.7 Å². The maximum atomic E-state index is 13.2. The minimum Gasteiger partial charge on any atom is -0.481 e. The number of ether oxygens (including phenoxy) is 1. The number of aryl methyl sites for hydroxylation is 1. The SMILES string of the molecule is Cc1ccc(OC(C)C(=O)N2CCCC(CNC(=O)Nc3cccc(F)c3)C2)cc1. The predicted octanol–water partition coefficient (Wildman–Crippen LogP) is 3.96. The zero-order valence-corrected chi connectivity index (χ0v) is 17.4. The summed E-state index contributed by atoms with van der Waals surface area (Å²) in [4.78, 5) is 26.7. The van der Waals surface area contributed by atoms with Crippen molar-refractivity contribution in [3.63, 3.8) is 0 Å². The fourth-order valence-electron chi connectivity index (χ4n) is 3.54. The molecular formula is C23H28FN3O3. The summed E-state index contributed by atoms with van der Waals surface area (Å²) in [6, 6.07) is 13.0. The molecule has 1 heterocycles. The Balaban J connectivity index is 1.46. The number of amides is 3. The lowest BCUT2D eigenvalue weighted by atomic mass is 9.97. The first kappa shape index (κ1) is 21.6. The van der Waals surface area contributed by atoms with E-state index in [-0.39, 0.29) is 17.9 Å². The third-order valence-corrected chi connectivity index (χ3v) is 5.15. The number of piperidine rings is 1. The summed E-state index contributed by atoms with van der Waals surface area (Å²) in [7, 11) is 0. The molecule has 0 aliphatic carbocycles. The molecule has 2 N–H and O–H groups in total. The highest BCUT2D eigenvalue weighted by atomic mass is 19.1. The molecule has 2 aromatic rings. The lowest BCUT2D eigenvalue weighted by Crippen LogP contribution is -2.48. The molecule has 0 bridgehead atoms. The van der Waals surface area contributed by atoms with Gasteiger partial charge in [-0.15, -0.1) is 0 Å². The summed E-state index contributed by atoms with van der Waals surface area (Å²) in [5.74, 6) is 0.374. The van der Waals surface area contributed by atoms with Crippen molar-refractivity contribution in [2.24, 2.45) is 5.92 Å². The Hall–Kier alpha value is -3.09. The minimum absolute atomic E-state index is 0.0514. The molecule has 2 aromatic carbocycles. The maximum absolute atomic E-state index is 13.2. The van der Waals surface area contributed by atoms with Crippen LogP contribution in [0.15, 0.2) is 48.5 Å². The highest BCUT2D eigenvalue weighted by Gasteiger charge is 2.28. The summed E-state index contributed by atoms with van der Waals surface area (Å²) >= 11 is 0. The molecule has 2 unspecified atom stereocenters. The number of nitrogens with zero attached hydrogens (tertiary/aromatic N) is 1. The van der Waals surface area contributed by atoms with Crippen LogP contribution in [0.1, 0.15) is 25.3 Å². The molecule has 1 saturated heterocycles. The third-order valence-electron chi connectivity index (χ3n) is 5.15. The monoisotopic (exact) mass is 413 g/mol. The first-order valence-electron chi connectivity index (χ1n) is 10.2. The molecule has 0 aromatic heterocycles. The summed E-state index contributed by atoms with van der Waals surface area (Å²) in [6.45, 7) is 5.46. The lowest BCUT2D eigenvalue weighted by molar-refractivity contribution is -0.139. The van der Waals surface area contributed by atoms with Gasteiger partial charge in [-0.05, 0) is 62.9 Å². The quantitative estimate of drug-likeness (QED) is 0.753. The Bertz CT molecular complexity index is 872. The number of halogens is 1. The molecule has 0 saturated carbocycles. The van der Waals surface area contributed by atoms with Crippen molar-refractivity contribution in [1.29, 1.82) is 0 Å². The van der Waals surface area contributed by atoms with Gasteiger partial charge in [-0.3, -0.25) is 4.79 Å². The van der Waals surface area contributed by atoms with Crippen molar-refractivity contribution in [2.75, 3.05) is 25.0 Å². The van der Waals surface area contributed by atoms with Crippen LogP contribution < -0.4 is 15.4 Å². The molecule has 1 fully saturated rings. The second-order valence-electron chi connectivity index (χ2n) is 7.71. The van der Waals surface area contributed by atoms with Crippen LogP contribution in [0.4, 0.5) is 14.9 Å². The summed E-state index contributed by atoms with van der Waals surface area (Å²) < 4.78 is 19.0. The van der Waals surface area contributed by atoms with Gasteiger partial charge in [-0.1, -0.05) is 23.8 Å². The topological polar surface area (TPSA) is 70.7 Å². The van der Waals surface area contributed by atoms with Crippen LogP contribution in [0.25, 0.3) is 0 Å². The van der Waals surface area contributed by atoms with E-state index in [4.69, 9.17) is 4.74 Å². The number of carbonyl (C=O) groups is 2. The molecule has 6 nitrogen and oxygen atoms in total. The van der Waals surface area contributed by atoms with E-state index < -0.39 is 11.9 Å². The number of hydrogen-bond donors (Lipinski definition) is 2. The number of benzene rings is 2. The minimum atomic E-state index is -0.573. The summed E-state index contributed by atoms with van der Waals surface area (Å²) in [5, 5.41) is 5.43. The van der Waals surface area contributed by atoms with Gasteiger partial charge in [0, 0.05) is 25.3 Å². The number of anilines is 1. The summed E-state index contributed by atoms with van der Waals surface area (Å²) in [6.07, 6.45) is 1.23. The van der Waals surface area contributed by atoms with Crippen LogP contribution in [-0.4, -0.2) is 42.6 Å². The highest BCUT2D eigenvalue weighted by molar-refractivity contribution is 5.89. The Morgan fingerprint density at radius 3 is 2.73 bits per heavy atom. The second-order valence-corrected chi connectivity index (χ2v) is 7.71. The number of urea groups is 1. The molecule has 1 aliphatic rings. The van der Waals surface area contributed by atoms with Crippen LogP contribution in [0.3, 0.4) is 0 Å². The molecule has 3 amide bonds. The van der Waals surface area contributed by atoms with Crippen LogP contribution in [0.2, 0.25) is 0 Å². The van der Waals surface area contributed by atoms with Crippen molar-refractivity contribution in [3.05, 3.63) is 59.9 Å². The molecule has 1 aliphatic heterocycles. The number of nitrogens with one attached hydrogen (secondary N) is 2. The number of likely N-dealkylation sites (tertiary alicyclic amines) is 1. The van der Waals surface area contributed by atoms with Crippen molar-refractivity contribution in [1.82, 2.24) is 10.2 Å². The maximum Gasteiger partial charge on any atom is 0.319 e. The first-order valence-corrected chi connectivity index (χ1v) is 10.2. The van der Waals surface area contributed by atoms with Crippen LogP contribution in [-0.2, 0) is 4.79 Å². The Kier molecular flexibility index (Phi) is 7.27. The third kappa shape index (κ3) is 6.20. The fraction of sp³-hybridized carbons (Fsp3) is 0.391. The van der Waals surface area contributed by atoms with E-state index in [0.29, 0.717) is 31.1 Å². The number of rotatable bonds is 6. The molecule has 30 heavy (non-hydrogen) atoms. The fourth-order valence-corrected chi connectivity index (χ4v) is 3.54. The van der Waals surface area contributed by atoms with E-state index in [1.165, 1.54) is 18.2 Å². The molecule has 160 valence electrons. The Morgan fingerprint density at radius 2 is 2.00 bits per heavy atom. The Morgan fingerprint density at radius 1 is 1.23 bits per heavy atom. The van der Waals surface area contributed by atoms with Gasteiger partial charge in [0.15, 0.2) is 6.10 Å². The van der Waals surface area contributed by atoms with E-state index in [1.54, 1.807) is 17.9 Å². The average molecular weight is 413 g/mol. The van der Waals surface area contributed by atoms with Crippen molar-refractivity contribution in [3.8, 4) is 5.75 Å². The molecular weight excluding hydrogens is 385 g/mol. The first-order chi connectivity index (χ1) is 14.4. The standard InChI is InChI=1S/C23H28FN3O3/c1-16-8-10-21(11-9-16)30-17(2)22(28)27-12-4-5-18(15-27)14-25-23(29)26-20-7-3-6-19(24)13-20/h3,6-11,13,17-18H,4-5,12,14-15H2,1-2H3,(H2,25,26,29). The van der Waals surface area contributed by atoms with Gasteiger partial charge < -0.3 is 20.3 Å². The van der Waals surface area contributed by atoms with E-state index >= 15 is 0 Å². The zero-order chi connectivity index (χ0) is 21.5. The zero-order valence-electron chi connectivity index (χ0n) is 17.4. The van der Waals surface area contributed by atoms with E-state index in [2.05, 4.69) is 10.6 Å². The molecule has 3 rings (SSSR count). The summed E-state index contributed by atoms with van der Waals surface area (Å²) in [5.41, 5.74) is 1.53. The van der Waals surface area contributed by atoms with Crippen LogP contribution in [0.5, 0.6) is 5.75 Å². The van der Waals surface area contributed by atoms with E-state index in [9.17, 15) is 14.0 Å². The van der Waals surface area contributed by atoms with Gasteiger partial charge in [0.25, 0.3) is 5.91 Å². The van der Waals surface area contributed by atoms with Gasteiger partial charge in [0.1, 0.15) is 11.6 Å². The molecule has 0 radical (unpaired) electrons. The normalized spacial score (nSPS) is 17.2.